The van der Waals surface area contributed by atoms with Crippen molar-refractivity contribution in [3.8, 4) is 17.2 Å². The number of ether oxygens (including phenoxy) is 4. The van der Waals surface area contributed by atoms with E-state index in [4.69, 9.17) is 24.0 Å². The van der Waals surface area contributed by atoms with Crippen molar-refractivity contribution in [3.63, 3.8) is 0 Å². The minimum absolute atomic E-state index is 0.0596. The maximum absolute atomic E-state index is 13.9. The van der Waals surface area contributed by atoms with Gasteiger partial charge < -0.3 is 23.8 Å². The van der Waals surface area contributed by atoms with Crippen molar-refractivity contribution in [2.75, 3.05) is 67.3 Å². The zero-order valence-corrected chi connectivity index (χ0v) is 24.1. The lowest BCUT2D eigenvalue weighted by atomic mass is 9.97. The van der Waals surface area contributed by atoms with E-state index in [-0.39, 0.29) is 24.3 Å². The highest BCUT2D eigenvalue weighted by Crippen LogP contribution is 2.39. The van der Waals surface area contributed by atoms with Crippen LogP contribution in [0.3, 0.4) is 0 Å². The van der Waals surface area contributed by atoms with E-state index in [9.17, 15) is 9.59 Å². The molecular formula is C30H40N4O6. The first-order chi connectivity index (χ1) is 19.3. The highest BCUT2D eigenvalue weighted by molar-refractivity contribution is 6.03. The molecule has 40 heavy (non-hydrogen) atoms. The van der Waals surface area contributed by atoms with Crippen molar-refractivity contribution in [1.82, 2.24) is 14.8 Å². The number of hydrogen-bond acceptors (Lipinski definition) is 8. The van der Waals surface area contributed by atoms with Crippen LogP contribution < -0.4 is 14.2 Å². The minimum atomic E-state index is -0.426. The molecule has 1 atom stereocenters. The first-order valence-electron chi connectivity index (χ1n) is 13.7. The summed E-state index contributed by atoms with van der Waals surface area (Å²) in [5.74, 6) is 1.48. The number of amides is 2. The summed E-state index contributed by atoms with van der Waals surface area (Å²) in [5.41, 5.74) is 2.45. The molecule has 1 saturated heterocycles. The summed E-state index contributed by atoms with van der Waals surface area (Å²) >= 11 is 0. The second-order valence-corrected chi connectivity index (χ2v) is 10.2. The van der Waals surface area contributed by atoms with Crippen LogP contribution in [-0.2, 0) is 14.3 Å². The lowest BCUT2D eigenvalue weighted by Crippen LogP contribution is -2.47. The van der Waals surface area contributed by atoms with Gasteiger partial charge in [0.05, 0.1) is 46.3 Å². The van der Waals surface area contributed by atoms with Crippen molar-refractivity contribution < 1.29 is 28.5 Å². The van der Waals surface area contributed by atoms with E-state index < -0.39 is 6.04 Å². The van der Waals surface area contributed by atoms with Crippen LogP contribution in [-0.4, -0.2) is 99.6 Å². The lowest BCUT2D eigenvalue weighted by Gasteiger charge is -2.32. The predicted octanol–water partition coefficient (Wildman–Crippen LogP) is 3.21. The van der Waals surface area contributed by atoms with Crippen LogP contribution in [0.15, 0.2) is 47.6 Å². The number of morpholine rings is 1. The van der Waals surface area contributed by atoms with Crippen molar-refractivity contribution >= 4 is 17.5 Å². The molecule has 1 fully saturated rings. The maximum atomic E-state index is 13.9. The van der Waals surface area contributed by atoms with Crippen LogP contribution in [0.2, 0.25) is 0 Å². The molecule has 2 aliphatic heterocycles. The number of carbonyl (C=O) groups excluding carboxylic acids is 2. The predicted molar refractivity (Wildman–Crippen MR) is 152 cm³/mol. The van der Waals surface area contributed by atoms with E-state index in [1.807, 2.05) is 56.3 Å². The molecule has 216 valence electrons. The molecule has 0 spiro atoms. The van der Waals surface area contributed by atoms with Gasteiger partial charge in [-0.15, -0.1) is 0 Å². The van der Waals surface area contributed by atoms with E-state index in [0.29, 0.717) is 44.2 Å². The van der Waals surface area contributed by atoms with E-state index >= 15 is 0 Å². The molecule has 2 heterocycles. The van der Waals surface area contributed by atoms with Crippen LogP contribution in [0.1, 0.15) is 37.4 Å². The minimum Gasteiger partial charge on any atom is -0.497 e. The Morgan fingerprint density at radius 2 is 1.68 bits per heavy atom. The van der Waals surface area contributed by atoms with E-state index in [1.54, 1.807) is 26.2 Å². The standard InChI is InChI=1S/C30H40N4O6/c1-21(2)30(36)33(13-12-32-14-16-40-17-15-32)20-29(35)34-27(25-18-24(38-4)10-11-28(25)39-5)19-26(31-34)22-6-8-23(37-3)9-7-22/h6-11,18,21,27H,12-17,19-20H2,1-5H3/t27-/m1/s1. The van der Waals surface area contributed by atoms with Gasteiger partial charge in [0.15, 0.2) is 0 Å². The topological polar surface area (TPSA) is 93.1 Å². The molecule has 2 aromatic carbocycles. The Morgan fingerprint density at radius 1 is 1.00 bits per heavy atom. The smallest absolute Gasteiger partial charge is 0.262 e. The SMILES string of the molecule is COc1ccc(C2=NN(C(=O)CN(CCN3CCOCC3)C(=O)C(C)C)[C@@H](c3cc(OC)ccc3OC)C2)cc1. The summed E-state index contributed by atoms with van der Waals surface area (Å²) in [6.45, 7) is 7.77. The summed E-state index contributed by atoms with van der Waals surface area (Å²) in [6, 6.07) is 12.7. The molecule has 0 N–H and O–H groups in total. The third-order valence-electron chi connectivity index (χ3n) is 7.31. The Kier molecular flexibility index (Phi) is 10.0. The summed E-state index contributed by atoms with van der Waals surface area (Å²) in [5, 5.41) is 6.31. The van der Waals surface area contributed by atoms with Gasteiger partial charge in [0.1, 0.15) is 23.8 Å². The number of nitrogens with zero attached hydrogens (tertiary/aromatic N) is 4. The third-order valence-corrected chi connectivity index (χ3v) is 7.31. The number of hydrazone groups is 1. The zero-order valence-electron chi connectivity index (χ0n) is 24.1. The van der Waals surface area contributed by atoms with Crippen LogP contribution in [0.25, 0.3) is 0 Å². The second kappa shape index (κ2) is 13.6. The van der Waals surface area contributed by atoms with Crippen molar-refractivity contribution in [1.29, 1.82) is 0 Å². The fraction of sp³-hybridized carbons (Fsp3) is 0.500. The van der Waals surface area contributed by atoms with Gasteiger partial charge in [0, 0.05) is 44.1 Å². The molecule has 0 aliphatic carbocycles. The Bertz CT molecular complexity index is 1190. The monoisotopic (exact) mass is 552 g/mol. The fourth-order valence-corrected chi connectivity index (χ4v) is 5.00. The fourth-order valence-electron chi connectivity index (χ4n) is 5.00. The Balaban J connectivity index is 1.63. The summed E-state index contributed by atoms with van der Waals surface area (Å²) in [6.07, 6.45) is 0.480. The van der Waals surface area contributed by atoms with Gasteiger partial charge in [-0.3, -0.25) is 14.5 Å². The number of rotatable bonds is 11. The second-order valence-electron chi connectivity index (χ2n) is 10.2. The third kappa shape index (κ3) is 6.92. The lowest BCUT2D eigenvalue weighted by molar-refractivity contribution is -0.143. The van der Waals surface area contributed by atoms with Crippen molar-refractivity contribution in [3.05, 3.63) is 53.6 Å². The van der Waals surface area contributed by atoms with Crippen LogP contribution in [0, 0.1) is 5.92 Å². The van der Waals surface area contributed by atoms with Gasteiger partial charge in [-0.25, -0.2) is 5.01 Å². The van der Waals surface area contributed by atoms with Gasteiger partial charge in [-0.05, 0) is 48.0 Å². The average Bonchev–Trinajstić information content (AvgIpc) is 3.44. The van der Waals surface area contributed by atoms with Gasteiger partial charge >= 0.3 is 0 Å². The molecule has 10 nitrogen and oxygen atoms in total. The molecular weight excluding hydrogens is 512 g/mol. The van der Waals surface area contributed by atoms with Gasteiger partial charge in [0.25, 0.3) is 5.91 Å². The Labute approximate surface area is 236 Å². The molecule has 0 aromatic heterocycles. The number of hydrogen-bond donors (Lipinski definition) is 0. The van der Waals surface area contributed by atoms with Crippen molar-refractivity contribution in [2.45, 2.75) is 26.3 Å². The van der Waals surface area contributed by atoms with E-state index in [0.717, 1.165) is 35.7 Å². The first-order valence-corrected chi connectivity index (χ1v) is 13.7. The molecule has 10 heteroatoms. The number of carbonyl (C=O) groups is 2. The molecule has 2 amide bonds. The Morgan fingerprint density at radius 3 is 2.30 bits per heavy atom. The quantitative estimate of drug-likeness (QED) is 0.423. The normalized spacial score (nSPS) is 17.5. The zero-order chi connectivity index (χ0) is 28.6. The van der Waals surface area contributed by atoms with Gasteiger partial charge in [0.2, 0.25) is 5.91 Å². The summed E-state index contributed by atoms with van der Waals surface area (Å²) in [7, 11) is 4.83. The summed E-state index contributed by atoms with van der Waals surface area (Å²) < 4.78 is 21.9. The van der Waals surface area contributed by atoms with Crippen LogP contribution in [0.5, 0.6) is 17.2 Å². The van der Waals surface area contributed by atoms with E-state index in [1.165, 1.54) is 5.01 Å². The highest BCUT2D eigenvalue weighted by Gasteiger charge is 2.36. The Hall–Kier alpha value is -3.63. The van der Waals surface area contributed by atoms with E-state index in [2.05, 4.69) is 4.90 Å². The first kappa shape index (κ1) is 29.4. The van der Waals surface area contributed by atoms with Gasteiger partial charge in [-0.1, -0.05) is 13.8 Å². The van der Waals surface area contributed by atoms with Gasteiger partial charge in [-0.2, -0.15) is 5.10 Å². The maximum Gasteiger partial charge on any atom is 0.262 e. The summed E-state index contributed by atoms with van der Waals surface area (Å²) in [4.78, 5) is 31.0. The number of benzene rings is 2. The largest absolute Gasteiger partial charge is 0.497 e. The van der Waals surface area contributed by atoms with Crippen molar-refractivity contribution in [2.24, 2.45) is 11.0 Å². The molecule has 2 aromatic rings. The molecule has 0 saturated carbocycles. The molecule has 2 aliphatic rings. The molecule has 0 bridgehead atoms. The molecule has 4 rings (SSSR count). The number of methoxy groups -OCH3 is 3. The molecule has 0 radical (unpaired) electrons. The van der Waals surface area contributed by atoms with Crippen LogP contribution in [0.4, 0.5) is 0 Å². The van der Waals surface area contributed by atoms with Crippen LogP contribution >= 0.6 is 0 Å². The highest BCUT2D eigenvalue weighted by atomic mass is 16.5. The average molecular weight is 553 g/mol. The molecule has 0 unspecified atom stereocenters.